The van der Waals surface area contributed by atoms with Gasteiger partial charge >= 0.3 is 5.97 Å². The van der Waals surface area contributed by atoms with Crippen LogP contribution in [0.3, 0.4) is 0 Å². The molecule has 0 bridgehead atoms. The van der Waals surface area contributed by atoms with Crippen molar-refractivity contribution in [1.29, 1.82) is 0 Å². The second kappa shape index (κ2) is 11.2. The van der Waals surface area contributed by atoms with Crippen LogP contribution >= 0.6 is 0 Å². The second-order valence-electron chi connectivity index (χ2n) is 7.64. The highest BCUT2D eigenvalue weighted by molar-refractivity contribution is 5.72. The van der Waals surface area contributed by atoms with Crippen molar-refractivity contribution in [2.75, 3.05) is 0 Å². The van der Waals surface area contributed by atoms with Crippen LogP contribution in [0.15, 0.2) is 36.9 Å². The van der Waals surface area contributed by atoms with E-state index in [1.807, 2.05) is 6.08 Å². The topological polar surface area (TPSA) is 26.3 Å². The minimum Gasteiger partial charge on any atom is -0.427 e. The Morgan fingerprint density at radius 1 is 1.27 bits per heavy atom. The number of allylic oxidation sites excluding steroid dienone is 1. The molecule has 1 fully saturated rings. The molecule has 1 atom stereocenters. The number of halogens is 1. The average molecular weight is 361 g/mol. The lowest BCUT2D eigenvalue weighted by Crippen LogP contribution is -2.22. The van der Waals surface area contributed by atoms with Crippen LogP contribution in [0.5, 0.6) is 5.75 Å². The van der Waals surface area contributed by atoms with Gasteiger partial charge in [0.25, 0.3) is 0 Å². The summed E-state index contributed by atoms with van der Waals surface area (Å²) in [5.41, 5.74) is 0. The molecule has 0 radical (unpaired) electrons. The first-order chi connectivity index (χ1) is 12.6. The first-order valence-corrected chi connectivity index (χ1v) is 10.2. The van der Waals surface area contributed by atoms with Crippen molar-refractivity contribution in [3.8, 4) is 5.75 Å². The van der Waals surface area contributed by atoms with Gasteiger partial charge in [0.2, 0.25) is 0 Å². The standard InChI is InChI=1S/C23H33FO2/c1-3-5-7-18-10-12-20(13-11-18)19(4-2)8-6-9-23(25)26-22-16-14-21(24)15-17-22/h3,14-20H,1,4-13H2,2H3/t18-,19?,20-. The Balaban J connectivity index is 1.67. The lowest BCUT2D eigenvalue weighted by molar-refractivity contribution is -0.134. The van der Waals surface area contributed by atoms with Crippen molar-refractivity contribution in [3.63, 3.8) is 0 Å². The van der Waals surface area contributed by atoms with Gasteiger partial charge in [-0.25, -0.2) is 4.39 Å². The zero-order valence-corrected chi connectivity index (χ0v) is 16.1. The zero-order chi connectivity index (χ0) is 18.8. The third-order valence-electron chi connectivity index (χ3n) is 5.86. The molecule has 0 aromatic heterocycles. The van der Waals surface area contributed by atoms with Crippen molar-refractivity contribution in [2.45, 2.75) is 71.1 Å². The van der Waals surface area contributed by atoms with E-state index in [1.165, 1.54) is 62.8 Å². The number of hydrogen-bond acceptors (Lipinski definition) is 2. The Kier molecular flexibility index (Phi) is 8.87. The maximum Gasteiger partial charge on any atom is 0.311 e. The van der Waals surface area contributed by atoms with Gasteiger partial charge < -0.3 is 4.74 Å². The average Bonchev–Trinajstić information content (AvgIpc) is 2.66. The van der Waals surface area contributed by atoms with Gasteiger partial charge in [-0.2, -0.15) is 0 Å². The summed E-state index contributed by atoms with van der Waals surface area (Å²) in [7, 11) is 0. The van der Waals surface area contributed by atoms with Crippen LogP contribution in [0.2, 0.25) is 0 Å². The monoisotopic (exact) mass is 360 g/mol. The SMILES string of the molecule is C=CCC[C@H]1CC[C@H](C(CC)CCCC(=O)Oc2ccc(F)cc2)CC1. The van der Waals surface area contributed by atoms with Gasteiger partial charge in [-0.3, -0.25) is 4.79 Å². The number of rotatable bonds is 10. The number of esters is 1. The molecule has 0 N–H and O–H groups in total. The van der Waals surface area contributed by atoms with Gasteiger partial charge in [0.15, 0.2) is 0 Å². The largest absolute Gasteiger partial charge is 0.427 e. The van der Waals surface area contributed by atoms with Gasteiger partial charge in [-0.15, -0.1) is 6.58 Å². The fraction of sp³-hybridized carbons (Fsp3) is 0.609. The van der Waals surface area contributed by atoms with E-state index in [0.29, 0.717) is 18.1 Å². The molecule has 26 heavy (non-hydrogen) atoms. The van der Waals surface area contributed by atoms with Gasteiger partial charge in [-0.1, -0.05) is 32.3 Å². The van der Waals surface area contributed by atoms with E-state index in [9.17, 15) is 9.18 Å². The highest BCUT2D eigenvalue weighted by atomic mass is 19.1. The first kappa shape index (κ1) is 20.7. The summed E-state index contributed by atoms with van der Waals surface area (Å²) < 4.78 is 18.1. The molecule has 144 valence electrons. The molecule has 1 unspecified atom stereocenters. The predicted molar refractivity (Wildman–Crippen MR) is 105 cm³/mol. The fourth-order valence-electron chi connectivity index (χ4n) is 4.27. The summed E-state index contributed by atoms with van der Waals surface area (Å²) in [4.78, 5) is 12.0. The molecular weight excluding hydrogens is 327 g/mol. The van der Waals surface area contributed by atoms with Crippen LogP contribution in [0.1, 0.15) is 71.1 Å². The molecule has 2 nitrogen and oxygen atoms in total. The van der Waals surface area contributed by atoms with Crippen molar-refractivity contribution >= 4 is 5.97 Å². The van der Waals surface area contributed by atoms with Crippen LogP contribution in [0, 0.1) is 23.6 Å². The molecule has 1 aliphatic carbocycles. The van der Waals surface area contributed by atoms with E-state index in [4.69, 9.17) is 4.74 Å². The lowest BCUT2D eigenvalue weighted by atomic mass is 9.72. The molecule has 2 rings (SSSR count). The lowest BCUT2D eigenvalue weighted by Gasteiger charge is -2.33. The summed E-state index contributed by atoms with van der Waals surface area (Å²) in [6, 6.07) is 5.60. The molecule has 1 saturated carbocycles. The molecule has 0 aliphatic heterocycles. The van der Waals surface area contributed by atoms with Gasteiger partial charge in [0.05, 0.1) is 0 Å². The van der Waals surface area contributed by atoms with E-state index in [-0.39, 0.29) is 11.8 Å². The number of carbonyl (C=O) groups excluding carboxylic acids is 1. The molecular formula is C23H33FO2. The van der Waals surface area contributed by atoms with E-state index in [0.717, 1.165) is 31.1 Å². The Bertz CT molecular complexity index is 544. The van der Waals surface area contributed by atoms with Crippen LogP contribution in [-0.4, -0.2) is 5.97 Å². The maximum atomic E-state index is 12.9. The number of benzene rings is 1. The minimum atomic E-state index is -0.324. The molecule has 0 saturated heterocycles. The third kappa shape index (κ3) is 6.93. The number of hydrogen-bond donors (Lipinski definition) is 0. The van der Waals surface area contributed by atoms with Crippen molar-refractivity contribution in [3.05, 3.63) is 42.7 Å². The maximum absolute atomic E-state index is 12.9. The Morgan fingerprint density at radius 2 is 1.96 bits per heavy atom. The summed E-state index contributed by atoms with van der Waals surface area (Å²) in [6.07, 6.45) is 13.4. The third-order valence-corrected chi connectivity index (χ3v) is 5.86. The first-order valence-electron chi connectivity index (χ1n) is 10.2. The summed E-state index contributed by atoms with van der Waals surface area (Å²) in [5, 5.41) is 0. The predicted octanol–water partition coefficient (Wildman–Crippen LogP) is 6.70. The quantitative estimate of drug-likeness (QED) is 0.264. The normalized spacial score (nSPS) is 21.2. The van der Waals surface area contributed by atoms with Gasteiger partial charge in [-0.05, 0) is 80.5 Å². The molecule has 1 aromatic carbocycles. The number of carbonyl (C=O) groups is 1. The Hall–Kier alpha value is -1.64. The van der Waals surface area contributed by atoms with E-state index in [1.54, 1.807) is 0 Å². The van der Waals surface area contributed by atoms with Crippen molar-refractivity contribution in [1.82, 2.24) is 0 Å². The number of ether oxygens (including phenoxy) is 1. The second-order valence-corrected chi connectivity index (χ2v) is 7.64. The highest BCUT2D eigenvalue weighted by Gasteiger charge is 2.26. The smallest absolute Gasteiger partial charge is 0.311 e. The molecule has 1 aliphatic rings. The molecule has 0 spiro atoms. The van der Waals surface area contributed by atoms with Gasteiger partial charge in [0.1, 0.15) is 11.6 Å². The van der Waals surface area contributed by atoms with Crippen molar-refractivity contribution in [2.24, 2.45) is 17.8 Å². The van der Waals surface area contributed by atoms with Crippen LogP contribution in [0.25, 0.3) is 0 Å². The summed E-state index contributed by atoms with van der Waals surface area (Å²) >= 11 is 0. The van der Waals surface area contributed by atoms with E-state index in [2.05, 4.69) is 13.5 Å². The summed E-state index contributed by atoms with van der Waals surface area (Å²) in [6.45, 7) is 6.09. The van der Waals surface area contributed by atoms with Gasteiger partial charge in [0, 0.05) is 6.42 Å². The van der Waals surface area contributed by atoms with Crippen LogP contribution in [-0.2, 0) is 4.79 Å². The highest BCUT2D eigenvalue weighted by Crippen LogP contribution is 2.38. The fourth-order valence-corrected chi connectivity index (χ4v) is 4.27. The van der Waals surface area contributed by atoms with Crippen LogP contribution < -0.4 is 4.74 Å². The van der Waals surface area contributed by atoms with E-state index < -0.39 is 0 Å². The minimum absolute atomic E-state index is 0.223. The molecule has 3 heteroatoms. The van der Waals surface area contributed by atoms with Crippen LogP contribution in [0.4, 0.5) is 4.39 Å². The van der Waals surface area contributed by atoms with E-state index >= 15 is 0 Å². The summed E-state index contributed by atoms with van der Waals surface area (Å²) in [5.74, 6) is 2.28. The Labute approximate surface area is 157 Å². The Morgan fingerprint density at radius 3 is 2.58 bits per heavy atom. The molecule has 0 amide bonds. The molecule has 1 aromatic rings. The zero-order valence-electron chi connectivity index (χ0n) is 16.1. The van der Waals surface area contributed by atoms with Crippen molar-refractivity contribution < 1.29 is 13.9 Å². The molecule has 0 heterocycles.